The maximum atomic E-state index is 10.7. The third-order valence-electron chi connectivity index (χ3n) is 2.16. The number of hydrogen-bond donors (Lipinski definition) is 1. The van der Waals surface area contributed by atoms with Crippen LogP contribution in [0, 0.1) is 0 Å². The zero-order chi connectivity index (χ0) is 13.1. The number of aromatic carboxylic acids is 1. The maximum absolute atomic E-state index is 10.7. The average molecular weight is 321 g/mol. The second-order valence-corrected chi connectivity index (χ2v) is 11.4. The summed E-state index contributed by atoms with van der Waals surface area (Å²) in [5.74, 6) is -1.04. The van der Waals surface area contributed by atoms with E-state index in [4.69, 9.17) is 9.84 Å². The maximum Gasteiger partial charge on any atom is 0.356 e. The SMILES string of the molecule is C[Si](C)(C)CCOCn1nc(C(=O)O)cc1Br. The molecule has 0 fully saturated rings. The number of carboxylic acid groups (broad SMARTS) is 1. The highest BCUT2D eigenvalue weighted by Gasteiger charge is 2.13. The highest BCUT2D eigenvalue weighted by molar-refractivity contribution is 9.10. The first-order chi connectivity index (χ1) is 7.79. The van der Waals surface area contributed by atoms with E-state index in [1.165, 1.54) is 10.7 Å². The van der Waals surface area contributed by atoms with Crippen LogP contribution in [0.25, 0.3) is 0 Å². The fourth-order valence-electron chi connectivity index (χ4n) is 1.12. The van der Waals surface area contributed by atoms with Crippen molar-refractivity contribution in [3.05, 3.63) is 16.4 Å². The Balaban J connectivity index is 2.44. The van der Waals surface area contributed by atoms with Gasteiger partial charge in [0.25, 0.3) is 0 Å². The molecule has 0 aliphatic heterocycles. The van der Waals surface area contributed by atoms with Crippen molar-refractivity contribution in [3.63, 3.8) is 0 Å². The normalized spacial score (nSPS) is 11.8. The molecule has 0 aliphatic rings. The molecular weight excluding hydrogens is 304 g/mol. The van der Waals surface area contributed by atoms with Gasteiger partial charge >= 0.3 is 5.97 Å². The van der Waals surface area contributed by atoms with Crippen molar-refractivity contribution in [1.82, 2.24) is 9.78 Å². The third-order valence-corrected chi connectivity index (χ3v) is 4.50. The number of aromatic nitrogens is 2. The van der Waals surface area contributed by atoms with Crippen molar-refractivity contribution in [1.29, 1.82) is 0 Å². The van der Waals surface area contributed by atoms with E-state index in [1.807, 2.05) is 0 Å². The van der Waals surface area contributed by atoms with Gasteiger partial charge in [-0.3, -0.25) is 0 Å². The van der Waals surface area contributed by atoms with Gasteiger partial charge in [0.15, 0.2) is 5.69 Å². The van der Waals surface area contributed by atoms with Gasteiger partial charge in [0, 0.05) is 20.7 Å². The minimum Gasteiger partial charge on any atom is -0.476 e. The number of carbonyl (C=O) groups is 1. The predicted octanol–water partition coefficient (Wildman–Crippen LogP) is 2.66. The molecule has 0 atom stereocenters. The molecule has 1 aromatic heterocycles. The molecule has 0 saturated carbocycles. The van der Waals surface area contributed by atoms with Gasteiger partial charge in [0.1, 0.15) is 11.3 Å². The molecular formula is C10H17BrN2O3Si. The molecule has 0 saturated heterocycles. The summed E-state index contributed by atoms with van der Waals surface area (Å²) in [7, 11) is -1.08. The van der Waals surface area contributed by atoms with Crippen molar-refractivity contribution in [2.75, 3.05) is 6.61 Å². The number of nitrogens with zero attached hydrogens (tertiary/aromatic N) is 2. The summed E-state index contributed by atoms with van der Waals surface area (Å²) in [4.78, 5) is 10.7. The minimum absolute atomic E-state index is 0.0191. The van der Waals surface area contributed by atoms with Gasteiger partial charge in [-0.2, -0.15) is 5.10 Å². The van der Waals surface area contributed by atoms with Gasteiger partial charge in [-0.15, -0.1) is 0 Å². The van der Waals surface area contributed by atoms with Crippen molar-refractivity contribution in [3.8, 4) is 0 Å². The van der Waals surface area contributed by atoms with Gasteiger partial charge in [0.2, 0.25) is 0 Å². The summed E-state index contributed by atoms with van der Waals surface area (Å²) in [6, 6.07) is 2.54. The Kier molecular flexibility index (Phi) is 4.90. The van der Waals surface area contributed by atoms with Gasteiger partial charge in [-0.1, -0.05) is 19.6 Å². The van der Waals surface area contributed by atoms with Crippen LogP contribution in [0.1, 0.15) is 10.5 Å². The Morgan fingerprint density at radius 2 is 2.24 bits per heavy atom. The summed E-state index contributed by atoms with van der Waals surface area (Å²) < 4.78 is 7.59. The average Bonchev–Trinajstić information content (AvgIpc) is 2.54. The Morgan fingerprint density at radius 1 is 1.59 bits per heavy atom. The van der Waals surface area contributed by atoms with Gasteiger partial charge < -0.3 is 9.84 Å². The molecule has 1 N–H and O–H groups in total. The highest BCUT2D eigenvalue weighted by atomic mass is 79.9. The first-order valence-electron chi connectivity index (χ1n) is 5.34. The smallest absolute Gasteiger partial charge is 0.356 e. The zero-order valence-corrected chi connectivity index (χ0v) is 12.8. The number of ether oxygens (including phenoxy) is 1. The predicted molar refractivity (Wildman–Crippen MR) is 71.0 cm³/mol. The van der Waals surface area contributed by atoms with Crippen LogP contribution in [0.3, 0.4) is 0 Å². The van der Waals surface area contributed by atoms with Crippen LogP contribution in [0.15, 0.2) is 10.7 Å². The van der Waals surface area contributed by atoms with Gasteiger partial charge in [0.05, 0.1) is 0 Å². The van der Waals surface area contributed by atoms with Crippen LogP contribution in [0.4, 0.5) is 0 Å². The fraction of sp³-hybridized carbons (Fsp3) is 0.600. The standard InChI is InChI=1S/C10H17BrN2O3Si/c1-17(2,3)5-4-16-7-13-9(11)6-8(12-13)10(14)15/h6H,4-5,7H2,1-3H3,(H,14,15). The summed E-state index contributed by atoms with van der Waals surface area (Å²) in [5, 5.41) is 12.7. The van der Waals surface area contributed by atoms with Crippen molar-refractivity contribution in [2.24, 2.45) is 0 Å². The van der Waals surface area contributed by atoms with Crippen LogP contribution in [0.5, 0.6) is 0 Å². The van der Waals surface area contributed by atoms with Crippen LogP contribution in [-0.4, -0.2) is 35.5 Å². The molecule has 1 heterocycles. The fourth-order valence-corrected chi connectivity index (χ4v) is 2.27. The van der Waals surface area contributed by atoms with Gasteiger partial charge in [-0.25, -0.2) is 9.48 Å². The lowest BCUT2D eigenvalue weighted by molar-refractivity contribution is 0.0669. The molecule has 0 spiro atoms. The van der Waals surface area contributed by atoms with Crippen molar-refractivity contribution < 1.29 is 14.6 Å². The molecule has 0 aromatic carbocycles. The Bertz CT molecular complexity index is 401. The quantitative estimate of drug-likeness (QED) is 0.646. The van der Waals surface area contributed by atoms with Crippen LogP contribution in [0.2, 0.25) is 25.7 Å². The molecule has 0 aliphatic carbocycles. The second kappa shape index (κ2) is 5.79. The molecule has 0 radical (unpaired) electrons. The van der Waals surface area contributed by atoms with Gasteiger partial charge in [-0.05, 0) is 22.0 Å². The minimum atomic E-state index is -1.08. The largest absolute Gasteiger partial charge is 0.476 e. The molecule has 1 aromatic rings. The first kappa shape index (κ1) is 14.4. The molecule has 0 bridgehead atoms. The second-order valence-electron chi connectivity index (χ2n) is 5.00. The highest BCUT2D eigenvalue weighted by Crippen LogP contribution is 2.13. The Morgan fingerprint density at radius 3 is 2.71 bits per heavy atom. The van der Waals surface area contributed by atoms with E-state index < -0.39 is 14.0 Å². The molecule has 1 rings (SSSR count). The summed E-state index contributed by atoms with van der Waals surface area (Å²) in [6.07, 6.45) is 0. The van der Waals surface area contributed by atoms with Crippen LogP contribution in [-0.2, 0) is 11.5 Å². The summed E-state index contributed by atoms with van der Waals surface area (Å²) in [6.45, 7) is 7.80. The lowest BCUT2D eigenvalue weighted by Gasteiger charge is -2.15. The summed E-state index contributed by atoms with van der Waals surface area (Å²) in [5.41, 5.74) is 0.0191. The molecule has 17 heavy (non-hydrogen) atoms. The number of carboxylic acids is 1. The first-order valence-corrected chi connectivity index (χ1v) is 9.84. The van der Waals surface area contributed by atoms with Crippen LogP contribution >= 0.6 is 15.9 Å². The van der Waals surface area contributed by atoms with Crippen LogP contribution < -0.4 is 0 Å². The van der Waals surface area contributed by atoms with E-state index in [1.54, 1.807) is 0 Å². The van der Waals surface area contributed by atoms with E-state index in [9.17, 15) is 4.79 Å². The Labute approximate surface area is 110 Å². The molecule has 5 nitrogen and oxygen atoms in total. The lowest BCUT2D eigenvalue weighted by Crippen LogP contribution is -2.22. The number of halogens is 1. The van der Waals surface area contributed by atoms with E-state index in [0.717, 1.165) is 6.04 Å². The van der Waals surface area contributed by atoms with E-state index in [-0.39, 0.29) is 12.4 Å². The number of rotatable bonds is 6. The topological polar surface area (TPSA) is 64.4 Å². The van der Waals surface area contributed by atoms with Crippen molar-refractivity contribution in [2.45, 2.75) is 32.4 Å². The third kappa shape index (κ3) is 5.01. The molecule has 7 heteroatoms. The zero-order valence-electron chi connectivity index (χ0n) is 10.2. The van der Waals surface area contributed by atoms with E-state index >= 15 is 0 Å². The number of hydrogen-bond acceptors (Lipinski definition) is 3. The molecule has 0 amide bonds. The monoisotopic (exact) mass is 320 g/mol. The lowest BCUT2D eigenvalue weighted by atomic mass is 10.5. The summed E-state index contributed by atoms with van der Waals surface area (Å²) >= 11 is 3.24. The van der Waals surface area contributed by atoms with E-state index in [2.05, 4.69) is 40.7 Å². The van der Waals surface area contributed by atoms with Crippen molar-refractivity contribution >= 4 is 30.0 Å². The van der Waals surface area contributed by atoms with E-state index in [0.29, 0.717) is 11.2 Å². The Hall–Kier alpha value is -0.663. The molecule has 96 valence electrons. The molecule has 0 unspecified atom stereocenters.